The molecule has 1 aliphatic heterocycles. The van der Waals surface area contributed by atoms with Crippen molar-refractivity contribution in [2.45, 2.75) is 18.8 Å². The van der Waals surface area contributed by atoms with E-state index >= 15 is 0 Å². The van der Waals surface area contributed by atoms with E-state index in [1.54, 1.807) is 18.2 Å². The van der Waals surface area contributed by atoms with E-state index in [2.05, 4.69) is 15.6 Å². The van der Waals surface area contributed by atoms with Crippen molar-refractivity contribution in [1.82, 2.24) is 10.3 Å². The molecule has 0 spiro atoms. The second-order valence-electron chi connectivity index (χ2n) is 7.97. The van der Waals surface area contributed by atoms with Gasteiger partial charge in [-0.05, 0) is 54.4 Å². The number of carbonyl (C=O) groups excluding carboxylic acids is 2. The number of nitrogens with zero attached hydrogens (tertiary/aromatic N) is 2. The molecule has 0 unspecified atom stereocenters. The minimum atomic E-state index is -5.03. The molecule has 37 heavy (non-hydrogen) atoms. The van der Waals surface area contributed by atoms with Crippen molar-refractivity contribution >= 4 is 23.3 Å². The number of urea groups is 1. The first-order valence-electron chi connectivity index (χ1n) is 10.7. The van der Waals surface area contributed by atoms with Gasteiger partial charge in [-0.1, -0.05) is 0 Å². The number of hydrogen-bond donors (Lipinski definition) is 2. The van der Waals surface area contributed by atoms with Crippen molar-refractivity contribution in [3.63, 3.8) is 0 Å². The van der Waals surface area contributed by atoms with Gasteiger partial charge in [0.25, 0.3) is 5.91 Å². The highest BCUT2D eigenvalue weighted by molar-refractivity contribution is 6.03. The topological polar surface area (TPSA) is 83.6 Å². The molecule has 0 saturated heterocycles. The lowest BCUT2D eigenvalue weighted by atomic mass is 10.1. The van der Waals surface area contributed by atoms with Crippen LogP contribution in [0, 0.1) is 0 Å². The van der Waals surface area contributed by atoms with E-state index < -0.39 is 41.1 Å². The Morgan fingerprint density at radius 1 is 0.919 bits per heavy atom. The average Bonchev–Trinajstić information content (AvgIpc) is 3.26. The zero-order chi connectivity index (χ0) is 27.0. The van der Waals surface area contributed by atoms with E-state index in [-0.39, 0.29) is 18.3 Å². The molecule has 1 aliphatic rings. The normalized spacial score (nSPS) is 13.2. The van der Waals surface area contributed by atoms with Crippen LogP contribution < -0.4 is 20.3 Å². The summed E-state index contributed by atoms with van der Waals surface area (Å²) < 4.78 is 84.5. The molecule has 2 N–H and O–H groups in total. The van der Waals surface area contributed by atoms with Crippen molar-refractivity contribution < 1.29 is 40.7 Å². The van der Waals surface area contributed by atoms with E-state index in [9.17, 15) is 35.9 Å². The number of anilines is 2. The Labute approximate surface area is 206 Å². The molecule has 2 heterocycles. The molecule has 3 aromatic rings. The third-order valence-electron chi connectivity index (χ3n) is 5.46. The molecular weight excluding hydrogens is 506 g/mol. The number of rotatable bonds is 4. The fourth-order valence-corrected chi connectivity index (χ4v) is 3.73. The van der Waals surface area contributed by atoms with Crippen LogP contribution in [0.4, 0.5) is 42.5 Å². The Morgan fingerprint density at radius 3 is 2.19 bits per heavy atom. The average molecular weight is 524 g/mol. The second kappa shape index (κ2) is 9.64. The highest BCUT2D eigenvalue weighted by Crippen LogP contribution is 2.38. The van der Waals surface area contributed by atoms with Gasteiger partial charge in [-0.2, -0.15) is 26.3 Å². The highest BCUT2D eigenvalue weighted by Gasteiger charge is 2.37. The molecule has 1 aromatic heterocycles. The summed E-state index contributed by atoms with van der Waals surface area (Å²) in [6, 6.07) is 7.72. The fourth-order valence-electron chi connectivity index (χ4n) is 3.73. The minimum absolute atomic E-state index is 0.0111. The van der Waals surface area contributed by atoms with Crippen LogP contribution >= 0.6 is 0 Å². The van der Waals surface area contributed by atoms with Gasteiger partial charge in [0.05, 0.1) is 11.1 Å². The monoisotopic (exact) mass is 524 g/mol. The SMILES string of the molecule is CNC(=O)c1cc(Oc2ccc3c(c2)CCN3C(=O)Nc2cc(C(F)(F)F)cc(C(F)(F)F)c2)ccn1. The number of alkyl halides is 6. The molecule has 0 bridgehead atoms. The van der Waals surface area contributed by atoms with Gasteiger partial charge in [-0.15, -0.1) is 0 Å². The Kier molecular flexibility index (Phi) is 6.72. The lowest BCUT2D eigenvalue weighted by Gasteiger charge is -2.20. The molecule has 0 saturated carbocycles. The third-order valence-corrected chi connectivity index (χ3v) is 5.46. The van der Waals surface area contributed by atoms with Crippen LogP contribution in [0.3, 0.4) is 0 Å². The lowest BCUT2D eigenvalue weighted by molar-refractivity contribution is -0.143. The molecule has 3 amide bonds. The van der Waals surface area contributed by atoms with Gasteiger partial charge >= 0.3 is 18.4 Å². The van der Waals surface area contributed by atoms with Crippen LogP contribution in [-0.2, 0) is 18.8 Å². The van der Waals surface area contributed by atoms with Gasteiger partial charge in [0.15, 0.2) is 0 Å². The fraction of sp³-hybridized carbons (Fsp3) is 0.208. The number of nitrogens with one attached hydrogen (secondary N) is 2. The Balaban J connectivity index is 1.53. The summed E-state index contributed by atoms with van der Waals surface area (Å²) in [6.45, 7) is 0.145. The number of pyridine rings is 1. The largest absolute Gasteiger partial charge is 0.457 e. The molecule has 0 fully saturated rings. The van der Waals surface area contributed by atoms with Gasteiger partial charge in [0, 0.05) is 37.2 Å². The maximum absolute atomic E-state index is 13.1. The van der Waals surface area contributed by atoms with Crippen molar-refractivity contribution in [2.75, 3.05) is 23.8 Å². The van der Waals surface area contributed by atoms with Crippen molar-refractivity contribution in [2.24, 2.45) is 0 Å². The third kappa shape index (κ3) is 5.76. The number of hydrogen-bond acceptors (Lipinski definition) is 4. The van der Waals surface area contributed by atoms with Gasteiger partial charge in [-0.3, -0.25) is 14.7 Å². The zero-order valence-electron chi connectivity index (χ0n) is 19.0. The molecule has 13 heteroatoms. The first-order valence-corrected chi connectivity index (χ1v) is 10.7. The summed E-state index contributed by atoms with van der Waals surface area (Å²) in [5, 5.41) is 4.59. The minimum Gasteiger partial charge on any atom is -0.457 e. The van der Waals surface area contributed by atoms with E-state index in [0.717, 1.165) is 0 Å². The number of halogens is 6. The molecule has 0 atom stereocenters. The highest BCUT2D eigenvalue weighted by atomic mass is 19.4. The quantitative estimate of drug-likeness (QED) is 0.419. The summed E-state index contributed by atoms with van der Waals surface area (Å²) in [5.41, 5.74) is -2.45. The molecule has 4 rings (SSSR count). The first kappa shape index (κ1) is 25.8. The van der Waals surface area contributed by atoms with E-state index in [1.165, 1.54) is 30.3 Å². The molecule has 7 nitrogen and oxygen atoms in total. The van der Waals surface area contributed by atoms with Gasteiger partial charge in [0.2, 0.25) is 0 Å². The summed E-state index contributed by atoms with van der Waals surface area (Å²) in [6.07, 6.45) is -8.30. The maximum atomic E-state index is 13.1. The number of fused-ring (bicyclic) bond motifs is 1. The van der Waals surface area contributed by atoms with Gasteiger partial charge in [-0.25, -0.2) is 4.79 Å². The number of ether oxygens (including phenoxy) is 1. The lowest BCUT2D eigenvalue weighted by Crippen LogP contribution is -2.33. The van der Waals surface area contributed by atoms with Crippen LogP contribution in [0.15, 0.2) is 54.7 Å². The predicted molar refractivity (Wildman–Crippen MR) is 121 cm³/mol. The van der Waals surface area contributed by atoms with Crippen LogP contribution in [0.1, 0.15) is 27.2 Å². The first-order chi connectivity index (χ1) is 17.3. The number of benzene rings is 2. The summed E-state index contributed by atoms with van der Waals surface area (Å²) in [5.74, 6) is 0.332. The van der Waals surface area contributed by atoms with E-state index in [0.29, 0.717) is 41.3 Å². The molecule has 194 valence electrons. The maximum Gasteiger partial charge on any atom is 0.416 e. The van der Waals surface area contributed by atoms with Crippen molar-refractivity contribution in [3.8, 4) is 11.5 Å². The molecule has 0 radical (unpaired) electrons. The standard InChI is InChI=1S/C24H18F6N4O3/c1-31-21(35)19-12-18(4-6-32-19)37-17-2-3-20-13(8-17)5-7-34(20)22(36)33-16-10-14(23(25,26)27)9-15(11-16)24(28,29)30/h2-4,6,8-12H,5,7H2,1H3,(H,31,35)(H,33,36). The number of aromatic nitrogens is 1. The Morgan fingerprint density at radius 2 is 1.57 bits per heavy atom. The van der Waals surface area contributed by atoms with Crippen molar-refractivity contribution in [1.29, 1.82) is 0 Å². The Bertz CT molecular complexity index is 1320. The van der Waals surface area contributed by atoms with Gasteiger partial charge in [0.1, 0.15) is 17.2 Å². The smallest absolute Gasteiger partial charge is 0.416 e. The summed E-state index contributed by atoms with van der Waals surface area (Å²) >= 11 is 0. The summed E-state index contributed by atoms with van der Waals surface area (Å²) in [7, 11) is 1.46. The Hall–Kier alpha value is -4.29. The molecule has 2 aromatic carbocycles. The zero-order valence-corrected chi connectivity index (χ0v) is 19.0. The number of amides is 3. The second-order valence-corrected chi connectivity index (χ2v) is 7.97. The van der Waals surface area contributed by atoms with Crippen molar-refractivity contribution in [3.05, 3.63) is 77.1 Å². The van der Waals surface area contributed by atoms with E-state index in [1.807, 2.05) is 0 Å². The van der Waals surface area contributed by atoms with Crippen LogP contribution in [0.2, 0.25) is 0 Å². The van der Waals surface area contributed by atoms with Crippen LogP contribution in [0.5, 0.6) is 11.5 Å². The van der Waals surface area contributed by atoms with Gasteiger partial charge < -0.3 is 15.4 Å². The summed E-state index contributed by atoms with van der Waals surface area (Å²) in [4.78, 5) is 29.7. The van der Waals surface area contributed by atoms with Crippen LogP contribution in [-0.4, -0.2) is 30.5 Å². The predicted octanol–water partition coefficient (Wildman–Crippen LogP) is 5.87. The van der Waals surface area contributed by atoms with Crippen LogP contribution in [0.25, 0.3) is 0 Å². The molecule has 0 aliphatic carbocycles. The molecular formula is C24H18F6N4O3. The van der Waals surface area contributed by atoms with E-state index in [4.69, 9.17) is 4.74 Å². The number of carbonyl (C=O) groups is 2.